The zero-order valence-corrected chi connectivity index (χ0v) is 23.8. The van der Waals surface area contributed by atoms with Gasteiger partial charge in [-0.1, -0.05) is 38.8 Å². The molecule has 9 heteroatoms. The second-order valence-corrected chi connectivity index (χ2v) is 15.1. The lowest BCUT2D eigenvalue weighted by atomic mass is 9.34. The number of rotatable bonds is 4. The summed E-state index contributed by atoms with van der Waals surface area (Å²) in [7, 11) is -3.90. The summed E-state index contributed by atoms with van der Waals surface area (Å²) in [5, 5.41) is 15.5. The minimum Gasteiger partial charge on any atom is -0.481 e. The molecule has 210 valence electrons. The number of nitrogens with two attached hydrogens (primary N) is 1. The summed E-state index contributed by atoms with van der Waals surface area (Å²) < 4.78 is 23.5. The number of allylic oxidation sites excluding steroid dienone is 2. The first-order valence-corrected chi connectivity index (χ1v) is 15.7. The number of anilines is 1. The molecule has 1 aromatic carbocycles. The third-order valence-corrected chi connectivity index (χ3v) is 12.5. The second-order valence-electron chi connectivity index (χ2n) is 13.5. The van der Waals surface area contributed by atoms with Gasteiger partial charge < -0.3 is 5.11 Å². The summed E-state index contributed by atoms with van der Waals surface area (Å²) in [5.74, 6) is -1.80. The maximum absolute atomic E-state index is 14.3. The van der Waals surface area contributed by atoms with Gasteiger partial charge in [0.2, 0.25) is 21.8 Å². The van der Waals surface area contributed by atoms with Gasteiger partial charge in [0, 0.05) is 5.41 Å². The van der Waals surface area contributed by atoms with Crippen LogP contribution in [0.5, 0.6) is 0 Å². The monoisotopic (exact) mass is 554 g/mol. The average molecular weight is 555 g/mol. The Hall–Kier alpha value is -2.52. The van der Waals surface area contributed by atoms with Crippen LogP contribution in [0.1, 0.15) is 66.2 Å². The lowest BCUT2D eigenvalue weighted by Gasteiger charge is -2.68. The number of primary sulfonamides is 1. The van der Waals surface area contributed by atoms with E-state index in [-0.39, 0.29) is 45.8 Å². The number of amides is 2. The van der Waals surface area contributed by atoms with Crippen molar-refractivity contribution in [3.05, 3.63) is 35.9 Å². The molecule has 3 saturated carbocycles. The summed E-state index contributed by atoms with van der Waals surface area (Å²) in [4.78, 5) is 42.1. The molecule has 0 radical (unpaired) electrons. The largest absolute Gasteiger partial charge is 0.481 e. The van der Waals surface area contributed by atoms with Crippen LogP contribution in [-0.4, -0.2) is 31.3 Å². The van der Waals surface area contributed by atoms with E-state index in [1.54, 1.807) is 0 Å². The van der Waals surface area contributed by atoms with E-state index in [1.165, 1.54) is 34.7 Å². The summed E-state index contributed by atoms with van der Waals surface area (Å²) in [6.07, 6.45) is 7.01. The number of carbonyl (C=O) groups is 3. The molecule has 1 aromatic rings. The van der Waals surface area contributed by atoms with Gasteiger partial charge in [0.15, 0.2) is 0 Å². The lowest BCUT2D eigenvalue weighted by molar-refractivity contribution is -0.194. The molecule has 1 saturated heterocycles. The first kappa shape index (κ1) is 26.7. The molecule has 1 spiro atoms. The number of benzene rings is 1. The van der Waals surface area contributed by atoms with Crippen LogP contribution in [0.15, 0.2) is 40.8 Å². The molecule has 3 N–H and O–H groups in total. The Morgan fingerprint density at radius 3 is 2.31 bits per heavy atom. The number of fused-ring (bicyclic) bond motifs is 1. The van der Waals surface area contributed by atoms with Crippen molar-refractivity contribution in [3.63, 3.8) is 0 Å². The molecule has 39 heavy (non-hydrogen) atoms. The van der Waals surface area contributed by atoms with Crippen LogP contribution < -0.4 is 10.0 Å². The van der Waals surface area contributed by atoms with Crippen LogP contribution in [0.2, 0.25) is 0 Å². The fraction of sp³-hybridized carbons (Fsp3) is 0.633. The Kier molecular flexibility index (Phi) is 5.65. The van der Waals surface area contributed by atoms with Gasteiger partial charge in [-0.15, -0.1) is 0 Å². The highest BCUT2D eigenvalue weighted by atomic mass is 32.2. The second kappa shape index (κ2) is 8.26. The van der Waals surface area contributed by atoms with Crippen molar-refractivity contribution in [2.24, 2.45) is 56.9 Å². The smallest absolute Gasteiger partial charge is 0.309 e. The van der Waals surface area contributed by atoms with Crippen LogP contribution in [0.4, 0.5) is 5.69 Å². The average Bonchev–Trinajstić information content (AvgIpc) is 3.14. The number of sulfonamides is 1. The molecule has 6 aliphatic rings. The molecule has 5 aliphatic carbocycles. The summed E-state index contributed by atoms with van der Waals surface area (Å²) >= 11 is 0. The molecule has 2 amide bonds. The van der Waals surface area contributed by atoms with Crippen LogP contribution in [-0.2, 0) is 24.4 Å². The van der Waals surface area contributed by atoms with Crippen LogP contribution in [0, 0.1) is 51.8 Å². The minimum atomic E-state index is -3.90. The van der Waals surface area contributed by atoms with E-state index in [0.29, 0.717) is 18.5 Å². The molecule has 0 aromatic heterocycles. The van der Waals surface area contributed by atoms with Crippen molar-refractivity contribution in [1.82, 2.24) is 0 Å². The molecule has 2 bridgehead atoms. The maximum atomic E-state index is 14.3. The van der Waals surface area contributed by atoms with E-state index in [9.17, 15) is 27.9 Å². The van der Waals surface area contributed by atoms with E-state index in [4.69, 9.17) is 5.14 Å². The molecular formula is C30H38N2O6S. The molecular weight excluding hydrogens is 516 g/mol. The van der Waals surface area contributed by atoms with Gasteiger partial charge in [0.25, 0.3) is 0 Å². The van der Waals surface area contributed by atoms with Crippen molar-refractivity contribution < 1.29 is 27.9 Å². The van der Waals surface area contributed by atoms with Crippen LogP contribution in [0.3, 0.4) is 0 Å². The summed E-state index contributed by atoms with van der Waals surface area (Å²) in [6.45, 7) is 8.46. The van der Waals surface area contributed by atoms with Gasteiger partial charge >= 0.3 is 5.97 Å². The van der Waals surface area contributed by atoms with Crippen LogP contribution >= 0.6 is 0 Å². The van der Waals surface area contributed by atoms with Gasteiger partial charge in [0.1, 0.15) is 0 Å². The van der Waals surface area contributed by atoms with Gasteiger partial charge in [0.05, 0.1) is 27.8 Å². The number of aliphatic carboxylic acids is 1. The van der Waals surface area contributed by atoms with Gasteiger partial charge in [-0.3, -0.25) is 19.3 Å². The van der Waals surface area contributed by atoms with Gasteiger partial charge in [-0.25, -0.2) is 13.6 Å². The van der Waals surface area contributed by atoms with Crippen molar-refractivity contribution in [2.45, 2.75) is 71.1 Å². The topological polar surface area (TPSA) is 135 Å². The van der Waals surface area contributed by atoms with Gasteiger partial charge in [-0.2, -0.15) is 0 Å². The molecule has 1 heterocycles. The Labute approximate surface area is 230 Å². The zero-order valence-electron chi connectivity index (χ0n) is 23.0. The number of carboxylic acids is 1. The lowest BCUT2D eigenvalue weighted by Crippen LogP contribution is -2.65. The van der Waals surface area contributed by atoms with E-state index in [1.807, 2.05) is 6.92 Å². The predicted molar refractivity (Wildman–Crippen MR) is 145 cm³/mol. The Bertz CT molecular complexity index is 1420. The quantitative estimate of drug-likeness (QED) is 0.420. The summed E-state index contributed by atoms with van der Waals surface area (Å²) in [5.41, 5.74) is 0.0882. The highest BCUT2D eigenvalue weighted by Gasteiger charge is 2.73. The predicted octanol–water partition coefficient (Wildman–Crippen LogP) is 4.35. The molecule has 8 nitrogen and oxygen atoms in total. The standard InChI is InChI=1S/C30H38N2O6S/c1-16(2)20-15-30-13-10-21-28(3,11-5-12-29(21,4)27(35)36)22(30)14-19(20)23-24(30)26(34)32(25(23)33)17-6-8-18(9-7-17)39(31,37)38/h6-9,15-16,19,21-24H,5,10-14H2,1-4H3,(H,35,36)(H2,31,37,38)/t19-,21+,22-,23+,24-,28-,29+,30-/m0/s1. The summed E-state index contributed by atoms with van der Waals surface area (Å²) in [6, 6.07) is 5.64. The fourth-order valence-electron chi connectivity index (χ4n) is 10.00. The van der Waals surface area contributed by atoms with Crippen molar-refractivity contribution in [1.29, 1.82) is 0 Å². The normalized spacial score (nSPS) is 41.2. The van der Waals surface area contributed by atoms with Crippen LogP contribution in [0.25, 0.3) is 0 Å². The molecule has 8 atom stereocenters. The first-order valence-electron chi connectivity index (χ1n) is 14.1. The van der Waals surface area contributed by atoms with Crippen molar-refractivity contribution in [2.75, 3.05) is 4.90 Å². The fourth-order valence-corrected chi connectivity index (χ4v) is 10.5. The number of imide groups is 1. The van der Waals surface area contributed by atoms with Gasteiger partial charge in [-0.05, 0) is 92.4 Å². The number of hydrogen-bond donors (Lipinski definition) is 2. The third kappa shape index (κ3) is 3.38. The van der Waals surface area contributed by atoms with Crippen molar-refractivity contribution in [3.8, 4) is 0 Å². The van der Waals surface area contributed by atoms with E-state index < -0.39 is 38.7 Å². The zero-order chi connectivity index (χ0) is 28.3. The molecule has 4 fully saturated rings. The third-order valence-electron chi connectivity index (χ3n) is 11.6. The number of hydrogen-bond acceptors (Lipinski definition) is 5. The van der Waals surface area contributed by atoms with E-state index >= 15 is 0 Å². The van der Waals surface area contributed by atoms with Crippen molar-refractivity contribution >= 4 is 33.5 Å². The molecule has 0 unspecified atom stereocenters. The minimum absolute atomic E-state index is 0.0228. The number of nitrogens with zero attached hydrogens (tertiary/aromatic N) is 1. The SMILES string of the molecule is CC(C)C1=C[C@@]23CC[C@@H]4[C@](C)(CCC[C@@]4(C)C(=O)O)[C@@H]2C[C@@H]1[C@H]1C(=O)N(c2ccc(S(N)(=O)=O)cc2)C(=O)[C@H]13. The van der Waals surface area contributed by atoms with E-state index in [2.05, 4.69) is 26.8 Å². The Morgan fingerprint density at radius 1 is 1.05 bits per heavy atom. The number of carbonyl (C=O) groups excluding carboxylic acids is 2. The van der Waals surface area contributed by atoms with E-state index in [0.717, 1.165) is 25.7 Å². The Morgan fingerprint density at radius 2 is 1.72 bits per heavy atom. The highest BCUT2D eigenvalue weighted by Crippen LogP contribution is 2.74. The Balaban J connectivity index is 1.46. The molecule has 7 rings (SSSR count). The highest BCUT2D eigenvalue weighted by molar-refractivity contribution is 7.89. The first-order chi connectivity index (χ1) is 18.2. The number of carboxylic acid groups (broad SMARTS) is 1. The maximum Gasteiger partial charge on any atom is 0.309 e. The molecule has 1 aliphatic heterocycles.